The van der Waals surface area contributed by atoms with Crippen LogP contribution in [0.4, 0.5) is 5.13 Å². The molecule has 1 amide bonds. The molecule has 2 unspecified atom stereocenters. The van der Waals surface area contributed by atoms with Crippen molar-refractivity contribution in [2.24, 2.45) is 11.8 Å². The van der Waals surface area contributed by atoms with Crippen molar-refractivity contribution in [2.75, 3.05) is 12.4 Å². The molecule has 6 heteroatoms. The molecule has 82 valence electrons. The van der Waals surface area contributed by atoms with Gasteiger partial charge in [-0.3, -0.25) is 4.79 Å². The fourth-order valence-corrected chi connectivity index (χ4v) is 1.96. The molecule has 1 aromatic rings. The van der Waals surface area contributed by atoms with Gasteiger partial charge in [0, 0.05) is 24.6 Å². The van der Waals surface area contributed by atoms with Crippen LogP contribution in [0.1, 0.15) is 19.2 Å². The van der Waals surface area contributed by atoms with Crippen molar-refractivity contribution in [1.82, 2.24) is 9.36 Å². The Labute approximate surface area is 92.0 Å². The first kappa shape index (κ1) is 10.5. The van der Waals surface area contributed by atoms with Gasteiger partial charge in [0.15, 0.2) is 5.82 Å². The number of carbonyl (C=O) groups excluding carboxylic acids is 1. The van der Waals surface area contributed by atoms with Crippen molar-refractivity contribution in [3.63, 3.8) is 0 Å². The molecule has 0 spiro atoms. The first-order chi connectivity index (χ1) is 7.20. The van der Waals surface area contributed by atoms with Crippen molar-refractivity contribution >= 4 is 22.6 Å². The zero-order chi connectivity index (χ0) is 10.8. The van der Waals surface area contributed by atoms with Crippen LogP contribution in [-0.2, 0) is 16.1 Å². The summed E-state index contributed by atoms with van der Waals surface area (Å²) in [6.07, 6.45) is 0.982. The van der Waals surface area contributed by atoms with Gasteiger partial charge in [0.2, 0.25) is 11.0 Å². The van der Waals surface area contributed by atoms with E-state index in [9.17, 15) is 4.79 Å². The number of hydrogen-bond acceptors (Lipinski definition) is 5. The van der Waals surface area contributed by atoms with Gasteiger partial charge in [0.05, 0.1) is 0 Å². The van der Waals surface area contributed by atoms with Gasteiger partial charge in [-0.15, -0.1) is 0 Å². The van der Waals surface area contributed by atoms with Gasteiger partial charge >= 0.3 is 0 Å². The van der Waals surface area contributed by atoms with Gasteiger partial charge < -0.3 is 10.1 Å². The first-order valence-corrected chi connectivity index (χ1v) is 5.60. The Kier molecular flexibility index (Phi) is 2.97. The molecular weight excluding hydrogens is 214 g/mol. The second-order valence-electron chi connectivity index (χ2n) is 3.76. The predicted molar refractivity (Wildman–Crippen MR) is 56.5 cm³/mol. The second-order valence-corrected chi connectivity index (χ2v) is 4.51. The Hall–Kier alpha value is -1.01. The van der Waals surface area contributed by atoms with Crippen molar-refractivity contribution in [2.45, 2.75) is 20.0 Å². The predicted octanol–water partition coefficient (Wildman–Crippen LogP) is 1.28. The third-order valence-electron chi connectivity index (χ3n) is 2.42. The zero-order valence-electron chi connectivity index (χ0n) is 8.69. The molecule has 1 aliphatic rings. The molecule has 0 bridgehead atoms. The van der Waals surface area contributed by atoms with Gasteiger partial charge in [-0.25, -0.2) is 4.98 Å². The van der Waals surface area contributed by atoms with Gasteiger partial charge in [-0.1, -0.05) is 6.92 Å². The molecule has 1 heterocycles. The molecule has 1 aromatic heterocycles. The van der Waals surface area contributed by atoms with E-state index in [1.807, 2.05) is 0 Å². The number of ether oxygens (including phenoxy) is 1. The average molecular weight is 227 g/mol. The average Bonchev–Trinajstić information content (AvgIpc) is 2.76. The fraction of sp³-hybridized carbons (Fsp3) is 0.667. The Morgan fingerprint density at radius 3 is 3.07 bits per heavy atom. The maximum absolute atomic E-state index is 11.5. The molecule has 1 fully saturated rings. The highest BCUT2D eigenvalue weighted by molar-refractivity contribution is 7.09. The maximum atomic E-state index is 11.5. The number of hydrogen-bond donors (Lipinski definition) is 1. The van der Waals surface area contributed by atoms with E-state index in [1.54, 1.807) is 7.11 Å². The highest BCUT2D eigenvalue weighted by Crippen LogP contribution is 2.38. The van der Waals surface area contributed by atoms with Crippen molar-refractivity contribution in [3.05, 3.63) is 5.82 Å². The lowest BCUT2D eigenvalue weighted by molar-refractivity contribution is -0.117. The summed E-state index contributed by atoms with van der Waals surface area (Å²) < 4.78 is 8.94. The number of carbonyl (C=O) groups is 1. The first-order valence-electron chi connectivity index (χ1n) is 4.83. The minimum absolute atomic E-state index is 0.0580. The number of rotatable bonds is 4. The number of nitrogens with zero attached hydrogens (tertiary/aromatic N) is 2. The molecule has 1 N–H and O–H groups in total. The van der Waals surface area contributed by atoms with Crippen LogP contribution in [0, 0.1) is 11.8 Å². The van der Waals surface area contributed by atoms with Crippen molar-refractivity contribution in [3.8, 4) is 0 Å². The number of nitrogens with one attached hydrogen (secondary N) is 1. The van der Waals surface area contributed by atoms with Crippen LogP contribution >= 0.6 is 11.5 Å². The van der Waals surface area contributed by atoms with Crippen LogP contribution in [0.3, 0.4) is 0 Å². The SMILES string of the molecule is COCc1nsc(NC(=O)C2CC2C)n1. The quantitative estimate of drug-likeness (QED) is 0.841. The Morgan fingerprint density at radius 1 is 1.73 bits per heavy atom. The summed E-state index contributed by atoms with van der Waals surface area (Å²) in [5, 5.41) is 3.32. The van der Waals surface area contributed by atoms with Gasteiger partial charge in [0.1, 0.15) is 6.61 Å². The largest absolute Gasteiger partial charge is 0.377 e. The lowest BCUT2D eigenvalue weighted by Gasteiger charge is -1.97. The van der Waals surface area contributed by atoms with E-state index in [2.05, 4.69) is 21.6 Å². The molecule has 2 atom stereocenters. The van der Waals surface area contributed by atoms with E-state index in [-0.39, 0.29) is 11.8 Å². The van der Waals surface area contributed by atoms with Crippen LogP contribution in [0.15, 0.2) is 0 Å². The molecule has 5 nitrogen and oxygen atoms in total. The molecule has 1 saturated carbocycles. The molecule has 2 rings (SSSR count). The zero-order valence-corrected chi connectivity index (χ0v) is 9.50. The molecule has 15 heavy (non-hydrogen) atoms. The third kappa shape index (κ3) is 2.51. The molecule has 1 aliphatic carbocycles. The number of amides is 1. The van der Waals surface area contributed by atoms with E-state index < -0.39 is 0 Å². The summed E-state index contributed by atoms with van der Waals surface area (Å²) in [6.45, 7) is 2.45. The summed E-state index contributed by atoms with van der Waals surface area (Å²) in [7, 11) is 1.59. The van der Waals surface area contributed by atoms with Gasteiger partial charge in [0.25, 0.3) is 0 Å². The van der Waals surface area contributed by atoms with Crippen LogP contribution in [0.2, 0.25) is 0 Å². The monoisotopic (exact) mass is 227 g/mol. The second kappa shape index (κ2) is 4.24. The van der Waals surface area contributed by atoms with E-state index in [0.717, 1.165) is 6.42 Å². The van der Waals surface area contributed by atoms with Crippen LogP contribution in [0.5, 0.6) is 0 Å². The third-order valence-corrected chi connectivity index (χ3v) is 3.09. The summed E-state index contributed by atoms with van der Waals surface area (Å²) in [5.41, 5.74) is 0. The van der Waals surface area contributed by atoms with E-state index in [1.165, 1.54) is 11.5 Å². The lowest BCUT2D eigenvalue weighted by Crippen LogP contribution is -2.14. The van der Waals surface area contributed by atoms with Crippen LogP contribution in [0.25, 0.3) is 0 Å². The van der Waals surface area contributed by atoms with Gasteiger partial charge in [-0.2, -0.15) is 4.37 Å². The standard InChI is InChI=1S/C9H13N3O2S/c1-5-3-6(5)8(13)11-9-10-7(4-14-2)12-15-9/h5-6H,3-4H2,1-2H3,(H,10,11,12,13). The van der Waals surface area contributed by atoms with Crippen molar-refractivity contribution < 1.29 is 9.53 Å². The summed E-state index contributed by atoms with van der Waals surface area (Å²) in [5.74, 6) is 1.35. The highest BCUT2D eigenvalue weighted by Gasteiger charge is 2.39. The molecular formula is C9H13N3O2S. The van der Waals surface area contributed by atoms with E-state index in [4.69, 9.17) is 4.74 Å². The molecule has 0 aliphatic heterocycles. The normalized spacial score (nSPS) is 23.9. The fourth-order valence-electron chi connectivity index (χ4n) is 1.38. The highest BCUT2D eigenvalue weighted by atomic mass is 32.1. The number of anilines is 1. The summed E-state index contributed by atoms with van der Waals surface area (Å²) in [6, 6.07) is 0. The summed E-state index contributed by atoms with van der Waals surface area (Å²) in [4.78, 5) is 15.7. The number of aromatic nitrogens is 2. The molecule has 0 radical (unpaired) electrons. The van der Waals surface area contributed by atoms with Crippen LogP contribution < -0.4 is 5.32 Å². The minimum Gasteiger partial charge on any atom is -0.377 e. The topological polar surface area (TPSA) is 64.1 Å². The Morgan fingerprint density at radius 2 is 2.47 bits per heavy atom. The summed E-state index contributed by atoms with van der Waals surface area (Å²) >= 11 is 1.19. The van der Waals surface area contributed by atoms with Crippen LogP contribution in [-0.4, -0.2) is 22.4 Å². The molecule has 0 aromatic carbocycles. The van der Waals surface area contributed by atoms with E-state index >= 15 is 0 Å². The number of methoxy groups -OCH3 is 1. The van der Waals surface area contributed by atoms with E-state index in [0.29, 0.717) is 23.5 Å². The Balaban J connectivity index is 1.90. The van der Waals surface area contributed by atoms with Gasteiger partial charge in [-0.05, 0) is 12.3 Å². The molecule has 0 saturated heterocycles. The van der Waals surface area contributed by atoms with Crippen molar-refractivity contribution in [1.29, 1.82) is 0 Å². The minimum atomic E-state index is 0.0580. The lowest BCUT2D eigenvalue weighted by atomic mass is 10.3. The Bertz CT molecular complexity index is 366. The maximum Gasteiger partial charge on any atom is 0.229 e. The smallest absolute Gasteiger partial charge is 0.229 e.